The van der Waals surface area contributed by atoms with Crippen molar-refractivity contribution in [3.05, 3.63) is 28.5 Å². The maximum atomic E-state index is 13.9. The molecule has 1 heterocycles. The Kier molecular flexibility index (Phi) is 3.43. The molecule has 9 heteroatoms. The normalized spacial score (nSPS) is 11.8. The van der Waals surface area contributed by atoms with Crippen molar-refractivity contribution in [2.24, 2.45) is 7.05 Å². The highest BCUT2D eigenvalue weighted by Gasteiger charge is 2.22. The summed E-state index contributed by atoms with van der Waals surface area (Å²) >= 11 is 3.04. The Labute approximate surface area is 115 Å². The molecule has 0 unspecified atom stereocenters. The Bertz CT molecular complexity index is 717. The molecular weight excluding hydrogens is 349 g/mol. The molecule has 96 valence electrons. The maximum Gasteiger partial charge on any atom is 0.296 e. The van der Waals surface area contributed by atoms with Gasteiger partial charge in [0.1, 0.15) is 5.82 Å². The van der Waals surface area contributed by atoms with Crippen LogP contribution in [0.15, 0.2) is 27.8 Å². The van der Waals surface area contributed by atoms with E-state index < -0.39 is 20.0 Å². The third-order valence-corrected chi connectivity index (χ3v) is 4.06. The first kappa shape index (κ1) is 13.4. The molecule has 0 saturated carbocycles. The summed E-state index contributed by atoms with van der Waals surface area (Å²) in [6.07, 6.45) is 0. The fraction of sp³-hybridized carbons (Fsp3) is 0.111. The Balaban J connectivity index is 2.67. The fourth-order valence-corrected chi connectivity index (χ4v) is 2.76. The van der Waals surface area contributed by atoms with Crippen LogP contribution in [0.5, 0.6) is 0 Å². The highest BCUT2D eigenvalue weighted by molar-refractivity contribution is 9.10. The van der Waals surface area contributed by atoms with Crippen molar-refractivity contribution in [1.29, 1.82) is 0 Å². The Morgan fingerprint density at radius 1 is 1.39 bits per heavy atom. The van der Waals surface area contributed by atoms with Gasteiger partial charge in [0, 0.05) is 17.7 Å². The van der Waals surface area contributed by atoms with Crippen molar-refractivity contribution in [2.45, 2.75) is 5.16 Å². The number of hydrogen-bond donors (Lipinski definition) is 0. The summed E-state index contributed by atoms with van der Waals surface area (Å²) in [5.41, 5.74) is 0.131. The second-order valence-electron chi connectivity index (χ2n) is 3.40. The zero-order valence-electron chi connectivity index (χ0n) is 8.93. The van der Waals surface area contributed by atoms with Gasteiger partial charge in [-0.2, -0.15) is 0 Å². The molecule has 0 atom stereocenters. The summed E-state index contributed by atoms with van der Waals surface area (Å²) in [4.78, 5) is 0. The molecule has 0 spiro atoms. The van der Waals surface area contributed by atoms with E-state index >= 15 is 0 Å². The second kappa shape index (κ2) is 4.60. The summed E-state index contributed by atoms with van der Waals surface area (Å²) in [6, 6.07) is 4.59. The van der Waals surface area contributed by atoms with Crippen LogP contribution in [0.2, 0.25) is 0 Å². The fourth-order valence-electron chi connectivity index (χ4n) is 1.44. The van der Waals surface area contributed by atoms with Crippen LogP contribution in [-0.2, 0) is 16.1 Å². The summed E-state index contributed by atoms with van der Waals surface area (Å²) in [5, 5.41) is 6.66. The summed E-state index contributed by atoms with van der Waals surface area (Å²) in [5.74, 6) is -0.473. The molecule has 0 radical (unpaired) electrons. The molecule has 0 amide bonds. The largest absolute Gasteiger partial charge is 0.300 e. The Morgan fingerprint density at radius 2 is 2.06 bits per heavy atom. The van der Waals surface area contributed by atoms with Gasteiger partial charge in [-0.3, -0.25) is 4.57 Å². The number of rotatable bonds is 2. The number of nitrogens with zero attached hydrogens (tertiary/aromatic N) is 3. The van der Waals surface area contributed by atoms with Crippen molar-refractivity contribution in [2.75, 3.05) is 0 Å². The van der Waals surface area contributed by atoms with E-state index in [0.29, 0.717) is 0 Å². The lowest BCUT2D eigenvalue weighted by molar-refractivity contribution is 0.592. The van der Waals surface area contributed by atoms with E-state index in [9.17, 15) is 12.8 Å². The molecule has 5 nitrogen and oxygen atoms in total. The minimum absolute atomic E-state index is 0.0769. The van der Waals surface area contributed by atoms with Crippen molar-refractivity contribution in [3.63, 3.8) is 0 Å². The lowest BCUT2D eigenvalue weighted by Crippen LogP contribution is -2.03. The third-order valence-electron chi connectivity index (χ3n) is 2.25. The summed E-state index contributed by atoms with van der Waals surface area (Å²) in [6.45, 7) is 0. The van der Waals surface area contributed by atoms with Gasteiger partial charge in [-0.05, 0) is 28.1 Å². The molecule has 0 aliphatic heterocycles. The number of aromatic nitrogens is 3. The molecule has 2 aromatic rings. The predicted octanol–water partition coefficient (Wildman–Crippen LogP) is 2.31. The molecule has 18 heavy (non-hydrogen) atoms. The maximum absolute atomic E-state index is 13.9. The Morgan fingerprint density at radius 3 is 2.61 bits per heavy atom. The summed E-state index contributed by atoms with van der Waals surface area (Å²) < 4.78 is 37.6. The van der Waals surface area contributed by atoms with Crippen LogP contribution in [0.1, 0.15) is 0 Å². The van der Waals surface area contributed by atoms with E-state index in [1.54, 1.807) is 6.07 Å². The van der Waals surface area contributed by atoms with E-state index in [0.717, 1.165) is 4.57 Å². The first-order valence-electron chi connectivity index (χ1n) is 4.61. The lowest BCUT2D eigenvalue weighted by atomic mass is 10.2. The van der Waals surface area contributed by atoms with E-state index in [2.05, 4.69) is 26.1 Å². The molecule has 1 aromatic heterocycles. The van der Waals surface area contributed by atoms with Gasteiger partial charge in [0.15, 0.2) is 5.82 Å². The molecular formula is C9H6BrClFN3O2S. The minimum Gasteiger partial charge on any atom is -0.300 e. The van der Waals surface area contributed by atoms with Crippen LogP contribution < -0.4 is 0 Å². The number of halogens is 3. The molecule has 0 fully saturated rings. The van der Waals surface area contributed by atoms with Crippen LogP contribution in [-0.4, -0.2) is 23.2 Å². The van der Waals surface area contributed by atoms with E-state index in [-0.39, 0.29) is 15.9 Å². The average molecular weight is 355 g/mol. The highest BCUT2D eigenvalue weighted by Crippen LogP contribution is 2.27. The van der Waals surface area contributed by atoms with Crippen molar-refractivity contribution in [1.82, 2.24) is 14.8 Å². The van der Waals surface area contributed by atoms with Gasteiger partial charge in [0.25, 0.3) is 14.2 Å². The topological polar surface area (TPSA) is 64.8 Å². The summed E-state index contributed by atoms with van der Waals surface area (Å²) in [7, 11) is 2.56. The van der Waals surface area contributed by atoms with Gasteiger partial charge in [0.05, 0.1) is 10.0 Å². The SMILES string of the molecule is Cn1c(-c2cccc(Br)c2F)nnc1S(=O)(=O)Cl. The first-order chi connectivity index (χ1) is 8.32. The third kappa shape index (κ3) is 2.27. The monoisotopic (exact) mass is 353 g/mol. The van der Waals surface area contributed by atoms with E-state index in [1.807, 2.05) is 0 Å². The van der Waals surface area contributed by atoms with Crippen molar-refractivity contribution in [3.8, 4) is 11.4 Å². The minimum atomic E-state index is -4.02. The van der Waals surface area contributed by atoms with Gasteiger partial charge >= 0.3 is 0 Å². The lowest BCUT2D eigenvalue weighted by Gasteiger charge is -2.04. The molecule has 0 saturated heterocycles. The van der Waals surface area contributed by atoms with Crippen molar-refractivity contribution >= 4 is 35.7 Å². The molecule has 2 rings (SSSR count). The standard InChI is InChI=1S/C9H6BrClFN3O2S/c1-15-8(13-14-9(15)18(11,16)17)5-3-2-4-6(10)7(5)12/h2-4H,1H3. The molecule has 0 aliphatic rings. The Hall–Kier alpha value is -0.990. The quantitative estimate of drug-likeness (QED) is 0.776. The van der Waals surface area contributed by atoms with Crippen LogP contribution in [0.3, 0.4) is 0 Å². The van der Waals surface area contributed by atoms with Gasteiger partial charge in [-0.1, -0.05) is 6.07 Å². The smallest absolute Gasteiger partial charge is 0.296 e. The predicted molar refractivity (Wildman–Crippen MR) is 67.1 cm³/mol. The van der Waals surface area contributed by atoms with Crippen LogP contribution in [0.25, 0.3) is 11.4 Å². The number of hydrogen-bond acceptors (Lipinski definition) is 4. The van der Waals surface area contributed by atoms with Gasteiger partial charge < -0.3 is 0 Å². The van der Waals surface area contributed by atoms with Gasteiger partial charge in [-0.25, -0.2) is 12.8 Å². The van der Waals surface area contributed by atoms with Gasteiger partial charge in [0.2, 0.25) is 0 Å². The molecule has 0 N–H and O–H groups in total. The average Bonchev–Trinajstić information content (AvgIpc) is 2.64. The van der Waals surface area contributed by atoms with Gasteiger partial charge in [-0.15, -0.1) is 10.2 Å². The molecule has 0 bridgehead atoms. The van der Waals surface area contributed by atoms with Crippen LogP contribution >= 0.6 is 26.6 Å². The van der Waals surface area contributed by atoms with E-state index in [4.69, 9.17) is 10.7 Å². The molecule has 0 aliphatic carbocycles. The zero-order valence-corrected chi connectivity index (χ0v) is 12.1. The van der Waals surface area contributed by atoms with E-state index in [1.165, 1.54) is 19.2 Å². The van der Waals surface area contributed by atoms with Crippen LogP contribution in [0, 0.1) is 5.82 Å². The number of benzene rings is 1. The van der Waals surface area contributed by atoms with Crippen molar-refractivity contribution < 1.29 is 12.8 Å². The highest BCUT2D eigenvalue weighted by atomic mass is 79.9. The zero-order chi connectivity index (χ0) is 13.5. The van der Waals surface area contributed by atoms with Crippen LogP contribution in [0.4, 0.5) is 4.39 Å². The second-order valence-corrected chi connectivity index (χ2v) is 6.72. The molecule has 1 aromatic carbocycles. The first-order valence-corrected chi connectivity index (χ1v) is 7.71.